The number of aromatic carboxylic acids is 1. The molecule has 1 saturated heterocycles. The minimum atomic E-state index is -1.01. The van der Waals surface area contributed by atoms with Crippen molar-refractivity contribution < 1.29 is 19.1 Å². The monoisotopic (exact) mass is 488 g/mol. The molecule has 5 rings (SSSR count). The molecule has 1 aliphatic carbocycles. The number of hydrogen-bond acceptors (Lipinski definition) is 5. The zero-order valence-electron chi connectivity index (χ0n) is 19.5. The van der Waals surface area contributed by atoms with Crippen LogP contribution in [0.4, 0.5) is 5.69 Å². The molecule has 1 aliphatic heterocycles. The van der Waals surface area contributed by atoms with E-state index in [1.165, 1.54) is 18.2 Å². The Hall–Kier alpha value is -3.45. The van der Waals surface area contributed by atoms with Crippen LogP contribution in [0.1, 0.15) is 48.7 Å². The van der Waals surface area contributed by atoms with Gasteiger partial charge in [0, 0.05) is 23.4 Å². The first-order valence-corrected chi connectivity index (χ1v) is 12.8. The molecule has 7 heteroatoms. The predicted molar refractivity (Wildman–Crippen MR) is 139 cm³/mol. The summed E-state index contributed by atoms with van der Waals surface area (Å²) in [6.07, 6.45) is 6.24. The highest BCUT2D eigenvalue weighted by Crippen LogP contribution is 2.42. The van der Waals surface area contributed by atoms with E-state index < -0.39 is 5.97 Å². The Balaban J connectivity index is 1.44. The molecule has 2 fully saturated rings. The summed E-state index contributed by atoms with van der Waals surface area (Å²) in [6, 6.07) is 20.4. The summed E-state index contributed by atoms with van der Waals surface area (Å²) >= 11 is 1.50. The Kier molecular flexibility index (Phi) is 6.68. The van der Waals surface area contributed by atoms with E-state index in [4.69, 9.17) is 4.42 Å². The molecule has 6 nitrogen and oxygen atoms in total. The molecule has 2 aliphatic rings. The Labute approximate surface area is 209 Å². The third-order valence-electron chi connectivity index (χ3n) is 6.75. The van der Waals surface area contributed by atoms with Crippen LogP contribution in [0.5, 0.6) is 0 Å². The van der Waals surface area contributed by atoms with Crippen LogP contribution >= 0.6 is 11.8 Å². The molecule has 2 heterocycles. The number of carbonyl (C=O) groups excluding carboxylic acids is 1. The van der Waals surface area contributed by atoms with E-state index >= 15 is 0 Å². The maximum absolute atomic E-state index is 13.7. The van der Waals surface area contributed by atoms with Crippen LogP contribution in [0.3, 0.4) is 0 Å². The molecule has 3 atom stereocenters. The molecular weight excluding hydrogens is 460 g/mol. The lowest BCUT2D eigenvalue weighted by Crippen LogP contribution is -2.48. The van der Waals surface area contributed by atoms with Crippen LogP contribution in [-0.4, -0.2) is 33.4 Å². The molecule has 180 valence electrons. The summed E-state index contributed by atoms with van der Waals surface area (Å²) in [5.41, 5.74) is 1.45. The van der Waals surface area contributed by atoms with Gasteiger partial charge in [0.1, 0.15) is 11.5 Å². The van der Waals surface area contributed by atoms with Gasteiger partial charge in [-0.05, 0) is 49.1 Å². The topological polar surface area (TPSA) is 82.8 Å². The minimum absolute atomic E-state index is 0.00562. The SMILES string of the molecule is C[C@@H]1CCCC[C@H]1N1C(=O)/C(=C/c2ccc(-c3ccccc3C(=O)O)o2)SC1Nc1ccccc1. The number of hydrogen-bond donors (Lipinski definition) is 2. The van der Waals surface area contributed by atoms with E-state index in [9.17, 15) is 14.7 Å². The molecule has 1 unspecified atom stereocenters. The number of nitrogens with one attached hydrogen (secondary N) is 1. The van der Waals surface area contributed by atoms with Crippen LogP contribution in [0.25, 0.3) is 17.4 Å². The zero-order chi connectivity index (χ0) is 24.4. The number of thioether (sulfide) groups is 1. The van der Waals surface area contributed by atoms with Crippen molar-refractivity contribution in [3.63, 3.8) is 0 Å². The van der Waals surface area contributed by atoms with Gasteiger partial charge in [0.15, 0.2) is 5.50 Å². The largest absolute Gasteiger partial charge is 0.478 e. The van der Waals surface area contributed by atoms with Gasteiger partial charge in [-0.15, -0.1) is 0 Å². The fraction of sp³-hybridized carbons (Fsp3) is 0.286. The van der Waals surface area contributed by atoms with Crippen LogP contribution in [0.15, 0.2) is 76.1 Å². The second-order valence-corrected chi connectivity index (χ2v) is 10.2. The molecular formula is C28H28N2O4S. The van der Waals surface area contributed by atoms with Gasteiger partial charge in [-0.2, -0.15) is 0 Å². The maximum atomic E-state index is 13.7. The summed E-state index contributed by atoms with van der Waals surface area (Å²) in [4.78, 5) is 27.9. The Bertz CT molecular complexity index is 1250. The number of amides is 1. The van der Waals surface area contributed by atoms with Crippen molar-refractivity contribution in [2.45, 2.75) is 44.1 Å². The fourth-order valence-corrected chi connectivity index (χ4v) is 6.15. The number of nitrogens with zero attached hydrogens (tertiary/aromatic N) is 1. The second-order valence-electron chi connectivity index (χ2n) is 9.08. The van der Waals surface area contributed by atoms with Crippen molar-refractivity contribution in [3.05, 3.63) is 83.0 Å². The van der Waals surface area contributed by atoms with Gasteiger partial charge < -0.3 is 19.7 Å². The number of carboxylic acid groups (broad SMARTS) is 1. The Morgan fingerprint density at radius 2 is 1.80 bits per heavy atom. The number of rotatable bonds is 6. The molecule has 1 amide bonds. The highest BCUT2D eigenvalue weighted by atomic mass is 32.2. The quantitative estimate of drug-likeness (QED) is 0.384. The first-order valence-electron chi connectivity index (χ1n) is 12.0. The van der Waals surface area contributed by atoms with Gasteiger partial charge in [0.25, 0.3) is 5.91 Å². The average molecular weight is 489 g/mol. The summed E-state index contributed by atoms with van der Waals surface area (Å²) < 4.78 is 5.98. The van der Waals surface area contributed by atoms with Gasteiger partial charge in [0.05, 0.1) is 10.5 Å². The normalized spacial score (nSPS) is 23.6. The molecule has 3 aromatic rings. The van der Waals surface area contributed by atoms with Crippen molar-refractivity contribution in [2.24, 2.45) is 5.92 Å². The van der Waals surface area contributed by atoms with E-state index in [1.54, 1.807) is 42.5 Å². The van der Waals surface area contributed by atoms with E-state index in [-0.39, 0.29) is 23.0 Å². The van der Waals surface area contributed by atoms with Gasteiger partial charge in [-0.25, -0.2) is 4.79 Å². The summed E-state index contributed by atoms with van der Waals surface area (Å²) in [6.45, 7) is 2.24. The Morgan fingerprint density at radius 3 is 2.57 bits per heavy atom. The van der Waals surface area contributed by atoms with Gasteiger partial charge >= 0.3 is 5.97 Å². The van der Waals surface area contributed by atoms with Crippen LogP contribution < -0.4 is 5.32 Å². The average Bonchev–Trinajstić information content (AvgIpc) is 3.45. The van der Waals surface area contributed by atoms with Crippen molar-refractivity contribution in [1.29, 1.82) is 0 Å². The highest BCUT2D eigenvalue weighted by Gasteiger charge is 2.43. The number of carboxylic acids is 1. The zero-order valence-corrected chi connectivity index (χ0v) is 20.3. The lowest BCUT2D eigenvalue weighted by molar-refractivity contribution is -0.129. The standard InChI is InChI=1S/C28H28N2O4S/c1-18-9-5-8-14-23(18)30-26(31)25(35-28(30)29-19-10-3-2-4-11-19)17-20-15-16-24(34-20)21-12-6-7-13-22(21)27(32)33/h2-4,6-7,10-13,15-18,23,28-29H,5,8-9,14H2,1H3,(H,32,33)/b25-17-/t18-,23-,28?/m1/s1. The summed E-state index contributed by atoms with van der Waals surface area (Å²) in [5, 5.41) is 13.0. The number of furan rings is 1. The molecule has 2 N–H and O–H groups in total. The third-order valence-corrected chi connectivity index (χ3v) is 7.86. The van der Waals surface area contributed by atoms with E-state index in [0.717, 1.165) is 24.9 Å². The van der Waals surface area contributed by atoms with E-state index in [1.807, 2.05) is 35.2 Å². The third kappa shape index (κ3) is 4.86. The van der Waals surface area contributed by atoms with Gasteiger partial charge in [-0.1, -0.05) is 67.9 Å². The highest BCUT2D eigenvalue weighted by molar-refractivity contribution is 8.05. The number of para-hydroxylation sites is 1. The molecule has 1 aromatic heterocycles. The lowest BCUT2D eigenvalue weighted by Gasteiger charge is -2.39. The van der Waals surface area contributed by atoms with Gasteiger partial charge in [0.2, 0.25) is 0 Å². The second kappa shape index (κ2) is 10.0. The van der Waals surface area contributed by atoms with Crippen molar-refractivity contribution in [3.8, 4) is 11.3 Å². The number of anilines is 1. The summed E-state index contributed by atoms with van der Waals surface area (Å²) in [5.74, 6) is 0.419. The van der Waals surface area contributed by atoms with Crippen LogP contribution in [-0.2, 0) is 4.79 Å². The van der Waals surface area contributed by atoms with Crippen molar-refractivity contribution >= 4 is 35.4 Å². The molecule has 0 bridgehead atoms. The molecule has 2 aromatic carbocycles. The summed E-state index contributed by atoms with van der Waals surface area (Å²) in [7, 11) is 0. The van der Waals surface area contributed by atoms with Crippen molar-refractivity contribution in [2.75, 3.05) is 5.32 Å². The maximum Gasteiger partial charge on any atom is 0.336 e. The lowest BCUT2D eigenvalue weighted by atomic mass is 9.85. The van der Waals surface area contributed by atoms with Gasteiger partial charge in [-0.3, -0.25) is 4.79 Å². The molecule has 35 heavy (non-hydrogen) atoms. The minimum Gasteiger partial charge on any atom is -0.478 e. The smallest absolute Gasteiger partial charge is 0.336 e. The molecule has 0 radical (unpaired) electrons. The van der Waals surface area contributed by atoms with Crippen LogP contribution in [0.2, 0.25) is 0 Å². The predicted octanol–water partition coefficient (Wildman–Crippen LogP) is 6.54. The van der Waals surface area contributed by atoms with Crippen molar-refractivity contribution in [1.82, 2.24) is 4.90 Å². The first kappa shape index (κ1) is 23.3. The fourth-order valence-electron chi connectivity index (χ4n) is 4.96. The molecule has 1 saturated carbocycles. The van der Waals surface area contributed by atoms with E-state index in [2.05, 4.69) is 12.2 Å². The molecule has 0 spiro atoms. The number of carbonyl (C=O) groups is 2. The van der Waals surface area contributed by atoms with Crippen LogP contribution in [0, 0.1) is 5.92 Å². The van der Waals surface area contributed by atoms with E-state index in [0.29, 0.717) is 27.9 Å². The Morgan fingerprint density at radius 1 is 1.06 bits per heavy atom. The first-order chi connectivity index (χ1) is 17.0. The number of benzene rings is 2.